The average molecular weight is 213 g/mol. The highest BCUT2D eigenvalue weighted by Crippen LogP contribution is 2.18. The summed E-state index contributed by atoms with van der Waals surface area (Å²) in [4.78, 5) is 14.7. The summed E-state index contributed by atoms with van der Waals surface area (Å²) in [6.45, 7) is 0.659. The number of unbranched alkanes of at least 4 members (excludes halogenated alkanes) is 1. The van der Waals surface area contributed by atoms with Crippen molar-refractivity contribution in [3.8, 4) is 0 Å². The van der Waals surface area contributed by atoms with Gasteiger partial charge in [0.05, 0.1) is 0 Å². The second-order valence-electron chi connectivity index (χ2n) is 3.72. The maximum atomic E-state index is 10.4. The van der Waals surface area contributed by atoms with Gasteiger partial charge < -0.3 is 11.1 Å². The Balaban J connectivity index is 2.07. The maximum Gasteiger partial charge on any atom is 0.217 e. The predicted molar refractivity (Wildman–Crippen MR) is 58.8 cm³/mol. The van der Waals surface area contributed by atoms with Gasteiger partial charge in [0.2, 0.25) is 11.9 Å². The van der Waals surface area contributed by atoms with Gasteiger partial charge in [0.15, 0.2) is 0 Å². The van der Waals surface area contributed by atoms with Crippen molar-refractivity contribution < 1.29 is 4.79 Å². The number of aliphatic imine (C=N–C) groups is 1. The van der Waals surface area contributed by atoms with Crippen LogP contribution in [-0.4, -0.2) is 24.5 Å². The second kappa shape index (κ2) is 6.23. The van der Waals surface area contributed by atoms with Crippen LogP contribution >= 0.6 is 0 Å². The van der Waals surface area contributed by atoms with Crippen molar-refractivity contribution in [2.75, 3.05) is 6.54 Å². The molecule has 1 fully saturated rings. The minimum atomic E-state index is -0.257. The Morgan fingerprint density at radius 2 is 2.13 bits per heavy atom. The summed E-state index contributed by atoms with van der Waals surface area (Å²) in [5.41, 5.74) is 7.54. The van der Waals surface area contributed by atoms with Crippen molar-refractivity contribution in [2.45, 2.75) is 38.1 Å². The summed E-state index contributed by atoms with van der Waals surface area (Å²) in [5, 5.41) is 3.16. The lowest BCUT2D eigenvalue weighted by atomic mass is 10.2. The van der Waals surface area contributed by atoms with E-state index in [1.54, 1.807) is 0 Å². The minimum Gasteiger partial charge on any atom is -0.370 e. The molecule has 6 heteroatoms. The summed E-state index contributed by atoms with van der Waals surface area (Å²) in [6, 6.07) is 0.533. The largest absolute Gasteiger partial charge is 0.370 e. The summed E-state index contributed by atoms with van der Waals surface area (Å²) >= 11 is 0. The van der Waals surface area contributed by atoms with Crippen molar-refractivity contribution in [2.24, 2.45) is 16.6 Å². The van der Waals surface area contributed by atoms with Crippen molar-refractivity contribution in [3.63, 3.8) is 0 Å². The Kier molecular flexibility index (Phi) is 4.89. The third kappa shape index (κ3) is 5.90. The van der Waals surface area contributed by atoms with Gasteiger partial charge in [-0.2, -0.15) is 0 Å². The molecule has 1 rings (SSSR count). The van der Waals surface area contributed by atoms with Gasteiger partial charge >= 0.3 is 0 Å². The molecule has 1 saturated carbocycles. The van der Waals surface area contributed by atoms with Crippen LogP contribution in [0.3, 0.4) is 0 Å². The van der Waals surface area contributed by atoms with Crippen LogP contribution in [0.15, 0.2) is 4.99 Å². The lowest BCUT2D eigenvalue weighted by Crippen LogP contribution is -2.42. The van der Waals surface area contributed by atoms with Crippen LogP contribution in [0.4, 0.5) is 0 Å². The van der Waals surface area contributed by atoms with Crippen LogP contribution < -0.4 is 22.3 Å². The van der Waals surface area contributed by atoms with E-state index in [0.717, 1.165) is 12.8 Å². The van der Waals surface area contributed by atoms with Gasteiger partial charge in [0.25, 0.3) is 0 Å². The van der Waals surface area contributed by atoms with E-state index < -0.39 is 0 Å². The van der Waals surface area contributed by atoms with Gasteiger partial charge in [0.1, 0.15) is 0 Å². The Bertz CT molecular complexity index is 237. The smallest absolute Gasteiger partial charge is 0.217 e. The van der Waals surface area contributed by atoms with Crippen molar-refractivity contribution >= 4 is 11.9 Å². The number of carbonyl (C=O) groups excluding carboxylic acids is 1. The monoisotopic (exact) mass is 213 g/mol. The molecule has 1 aliphatic rings. The van der Waals surface area contributed by atoms with Gasteiger partial charge in [-0.1, -0.05) is 0 Å². The van der Waals surface area contributed by atoms with E-state index in [4.69, 9.17) is 11.6 Å². The molecule has 0 unspecified atom stereocenters. The van der Waals surface area contributed by atoms with Crippen LogP contribution in [0.2, 0.25) is 0 Å². The molecule has 1 amide bonds. The molecule has 6 nitrogen and oxygen atoms in total. The highest BCUT2D eigenvalue weighted by atomic mass is 16.1. The minimum absolute atomic E-state index is 0.257. The fraction of sp³-hybridized carbons (Fsp3) is 0.778. The van der Waals surface area contributed by atoms with Crippen molar-refractivity contribution in [3.05, 3.63) is 0 Å². The lowest BCUT2D eigenvalue weighted by molar-refractivity contribution is -0.118. The standard InChI is InChI=1S/C9H19N5O/c10-8(15)3-1-2-6-12-9(14-11)13-7-4-5-7/h7H,1-6,11H2,(H2,10,15)(H2,12,13,14). The summed E-state index contributed by atoms with van der Waals surface area (Å²) < 4.78 is 0. The molecule has 0 spiro atoms. The molecule has 0 heterocycles. The molecule has 0 radical (unpaired) electrons. The zero-order chi connectivity index (χ0) is 11.1. The number of hydrogen-bond acceptors (Lipinski definition) is 3. The second-order valence-corrected chi connectivity index (χ2v) is 3.72. The maximum absolute atomic E-state index is 10.4. The molecular weight excluding hydrogens is 194 g/mol. The van der Waals surface area contributed by atoms with Gasteiger partial charge in [-0.3, -0.25) is 15.2 Å². The van der Waals surface area contributed by atoms with Crippen molar-refractivity contribution in [1.82, 2.24) is 10.7 Å². The predicted octanol–water partition coefficient (Wildman–Crippen LogP) is -0.787. The topological polar surface area (TPSA) is 106 Å². The molecule has 0 saturated heterocycles. The fourth-order valence-corrected chi connectivity index (χ4v) is 1.16. The molecule has 0 aromatic rings. The fourth-order valence-electron chi connectivity index (χ4n) is 1.16. The van der Waals surface area contributed by atoms with Gasteiger partial charge in [0, 0.05) is 19.0 Å². The Morgan fingerprint density at radius 1 is 1.40 bits per heavy atom. The Morgan fingerprint density at radius 3 is 2.67 bits per heavy atom. The number of nitrogens with two attached hydrogens (primary N) is 2. The van der Waals surface area contributed by atoms with Crippen LogP contribution in [0.25, 0.3) is 0 Å². The summed E-state index contributed by atoms with van der Waals surface area (Å²) in [5.74, 6) is 5.67. The van der Waals surface area contributed by atoms with Crippen molar-refractivity contribution in [1.29, 1.82) is 0 Å². The summed E-state index contributed by atoms with van der Waals surface area (Å²) in [6.07, 6.45) is 4.42. The van der Waals surface area contributed by atoms with E-state index in [1.165, 1.54) is 12.8 Å². The van der Waals surface area contributed by atoms with Crippen LogP contribution in [-0.2, 0) is 4.79 Å². The SMILES string of the molecule is NNC(=NCCCCC(N)=O)NC1CC1. The zero-order valence-corrected chi connectivity index (χ0v) is 8.83. The number of hydrazine groups is 1. The quantitative estimate of drug-likeness (QED) is 0.153. The highest BCUT2D eigenvalue weighted by molar-refractivity contribution is 5.79. The van der Waals surface area contributed by atoms with E-state index in [2.05, 4.69) is 15.7 Å². The van der Waals surface area contributed by atoms with Crippen LogP contribution in [0, 0.1) is 0 Å². The lowest BCUT2D eigenvalue weighted by Gasteiger charge is -2.07. The summed E-state index contributed by atoms with van der Waals surface area (Å²) in [7, 11) is 0. The Hall–Kier alpha value is -1.30. The molecule has 0 aromatic heterocycles. The number of nitrogens with one attached hydrogen (secondary N) is 2. The van der Waals surface area contributed by atoms with E-state index >= 15 is 0 Å². The number of amides is 1. The number of nitrogens with zero attached hydrogens (tertiary/aromatic N) is 1. The molecule has 1 aliphatic carbocycles. The number of hydrogen-bond donors (Lipinski definition) is 4. The molecule has 86 valence electrons. The Labute approximate surface area is 89.5 Å². The van der Waals surface area contributed by atoms with Gasteiger partial charge in [-0.25, -0.2) is 5.84 Å². The van der Waals surface area contributed by atoms with E-state index in [1.807, 2.05) is 0 Å². The first-order chi connectivity index (χ1) is 7.22. The normalized spacial score (nSPS) is 16.2. The van der Waals surface area contributed by atoms with Gasteiger partial charge in [-0.15, -0.1) is 0 Å². The molecule has 0 bridgehead atoms. The van der Waals surface area contributed by atoms with Crippen LogP contribution in [0.5, 0.6) is 0 Å². The van der Waals surface area contributed by atoms with Gasteiger partial charge in [-0.05, 0) is 25.7 Å². The number of guanidine groups is 1. The third-order valence-electron chi connectivity index (χ3n) is 2.16. The first-order valence-electron chi connectivity index (χ1n) is 5.28. The first kappa shape index (κ1) is 11.8. The molecular formula is C9H19N5O. The molecule has 0 atom stereocenters. The van der Waals surface area contributed by atoms with Crippen LogP contribution in [0.1, 0.15) is 32.1 Å². The average Bonchev–Trinajstić information content (AvgIpc) is 2.99. The van der Waals surface area contributed by atoms with E-state index in [0.29, 0.717) is 25.0 Å². The molecule has 0 aliphatic heterocycles. The molecule has 6 N–H and O–H groups in total. The molecule has 15 heavy (non-hydrogen) atoms. The zero-order valence-electron chi connectivity index (χ0n) is 8.83. The number of rotatable bonds is 6. The number of primary amides is 1. The third-order valence-corrected chi connectivity index (χ3v) is 2.16. The van der Waals surface area contributed by atoms with E-state index in [-0.39, 0.29) is 5.91 Å². The first-order valence-corrected chi connectivity index (χ1v) is 5.28. The number of carbonyl (C=O) groups is 1. The highest BCUT2D eigenvalue weighted by Gasteiger charge is 2.21. The molecule has 0 aromatic carbocycles. The van der Waals surface area contributed by atoms with E-state index in [9.17, 15) is 4.79 Å².